The summed E-state index contributed by atoms with van der Waals surface area (Å²) in [6.45, 7) is 0. The van der Waals surface area contributed by atoms with Crippen LogP contribution >= 0.6 is 40.7 Å². The molecular weight excluding hydrogens is 381 g/mol. The number of nitrogens with two attached hydrogens (primary N) is 1. The molecule has 5 nitrogen and oxygen atoms in total. The lowest BCUT2D eigenvalue weighted by Gasteiger charge is -2.26. The van der Waals surface area contributed by atoms with Crippen LogP contribution in [0.2, 0.25) is 0 Å². The zero-order valence-electron chi connectivity index (χ0n) is 11.2. The fourth-order valence-electron chi connectivity index (χ4n) is 3.49. The first-order chi connectivity index (χ1) is 9.06. The number of anilines is 1. The molecule has 3 rings (SSSR count). The molecule has 2 aliphatic carbocycles. The van der Waals surface area contributed by atoms with E-state index in [1.54, 1.807) is 12.3 Å². The summed E-state index contributed by atoms with van der Waals surface area (Å²) in [7, 11) is 0. The molecule has 4 N–H and O–H groups in total. The smallest absolute Gasteiger partial charge is 0.271 e. The molecule has 1 heterocycles. The number of halogens is 3. The summed E-state index contributed by atoms with van der Waals surface area (Å²) in [6.07, 6.45) is 4.80. The molecule has 2 aliphatic rings. The zero-order valence-corrected chi connectivity index (χ0v) is 14.4. The van der Waals surface area contributed by atoms with Crippen LogP contribution in [0.4, 0.5) is 5.69 Å². The number of hydrogen-bond donors (Lipinski definition) is 3. The second-order valence-electron chi connectivity index (χ2n) is 5.49. The van der Waals surface area contributed by atoms with Gasteiger partial charge in [-0.2, -0.15) is 0 Å². The zero-order chi connectivity index (χ0) is 13.6. The van der Waals surface area contributed by atoms with Crippen LogP contribution in [-0.2, 0) is 4.79 Å². The van der Waals surface area contributed by atoms with E-state index >= 15 is 0 Å². The van der Waals surface area contributed by atoms with Gasteiger partial charge in [0, 0.05) is 16.7 Å². The van der Waals surface area contributed by atoms with E-state index in [-0.39, 0.29) is 53.9 Å². The van der Waals surface area contributed by atoms with Gasteiger partial charge in [-0.15, -0.1) is 24.8 Å². The van der Waals surface area contributed by atoms with Crippen molar-refractivity contribution in [2.24, 2.45) is 23.5 Å². The second kappa shape index (κ2) is 7.13. The molecule has 0 saturated heterocycles. The Kier molecular flexibility index (Phi) is 6.28. The minimum atomic E-state index is -0.298. The van der Waals surface area contributed by atoms with Gasteiger partial charge in [0.2, 0.25) is 5.91 Å². The predicted molar refractivity (Wildman–Crippen MR) is 90.2 cm³/mol. The third-order valence-corrected chi connectivity index (χ3v) is 4.87. The molecule has 118 valence electrons. The summed E-state index contributed by atoms with van der Waals surface area (Å²) in [5.41, 5.74) is 6.11. The van der Waals surface area contributed by atoms with Crippen molar-refractivity contribution in [2.45, 2.75) is 25.3 Å². The summed E-state index contributed by atoms with van der Waals surface area (Å²) in [6, 6.07) is 1.54. The quantitative estimate of drug-likeness (QED) is 0.714. The van der Waals surface area contributed by atoms with Gasteiger partial charge < -0.3 is 16.0 Å². The lowest BCUT2D eigenvalue weighted by molar-refractivity contribution is -0.121. The number of rotatable bonds is 2. The number of amides is 1. The summed E-state index contributed by atoms with van der Waals surface area (Å²) < 4.78 is 0.722. The van der Waals surface area contributed by atoms with Crippen molar-refractivity contribution in [1.82, 2.24) is 4.98 Å². The van der Waals surface area contributed by atoms with Crippen LogP contribution in [0.15, 0.2) is 21.5 Å². The Morgan fingerprint density at radius 2 is 2.00 bits per heavy atom. The third-order valence-electron chi connectivity index (χ3n) is 4.41. The maximum Gasteiger partial charge on any atom is 0.271 e. The molecule has 4 atom stereocenters. The molecule has 2 saturated carbocycles. The van der Waals surface area contributed by atoms with Gasteiger partial charge in [-0.3, -0.25) is 9.59 Å². The summed E-state index contributed by atoms with van der Waals surface area (Å²) in [5, 5.41) is 2.72. The van der Waals surface area contributed by atoms with Crippen LogP contribution < -0.4 is 16.6 Å². The number of H-pyrrole nitrogens is 1. The van der Waals surface area contributed by atoms with Crippen molar-refractivity contribution in [2.75, 3.05) is 5.32 Å². The maximum absolute atomic E-state index is 12.3. The van der Waals surface area contributed by atoms with Gasteiger partial charge in [0.15, 0.2) is 0 Å². The summed E-state index contributed by atoms with van der Waals surface area (Å²) in [5.74, 6) is 0.577. The van der Waals surface area contributed by atoms with E-state index in [1.165, 1.54) is 0 Å². The van der Waals surface area contributed by atoms with Gasteiger partial charge in [-0.25, -0.2) is 0 Å². The highest BCUT2D eigenvalue weighted by atomic mass is 79.9. The molecule has 21 heavy (non-hydrogen) atoms. The van der Waals surface area contributed by atoms with Crippen molar-refractivity contribution in [3.05, 3.63) is 27.1 Å². The molecule has 0 radical (unpaired) electrons. The van der Waals surface area contributed by atoms with Crippen LogP contribution in [0.25, 0.3) is 0 Å². The Labute approximate surface area is 143 Å². The monoisotopic (exact) mass is 397 g/mol. The molecule has 8 heteroatoms. The minimum absolute atomic E-state index is 0. The lowest BCUT2D eigenvalue weighted by atomic mass is 9.84. The van der Waals surface area contributed by atoms with E-state index in [2.05, 4.69) is 26.2 Å². The van der Waals surface area contributed by atoms with Gasteiger partial charge in [-0.1, -0.05) is 0 Å². The Morgan fingerprint density at radius 1 is 1.33 bits per heavy atom. The highest BCUT2D eigenvalue weighted by Crippen LogP contribution is 2.47. The maximum atomic E-state index is 12.3. The Bertz CT molecular complexity index is 579. The SMILES string of the molecule is Cl.Cl.NC1C2CCC(C2)C1C(=O)Nc1cc(Br)c[nH]c1=O. The first-order valence-corrected chi connectivity index (χ1v) is 7.30. The normalized spacial score (nSPS) is 29.4. The largest absolute Gasteiger partial charge is 0.327 e. The van der Waals surface area contributed by atoms with Crippen LogP contribution in [0, 0.1) is 17.8 Å². The number of aromatic amines is 1. The van der Waals surface area contributed by atoms with Gasteiger partial charge in [0.25, 0.3) is 5.56 Å². The number of carbonyl (C=O) groups excluding carboxylic acids is 1. The van der Waals surface area contributed by atoms with Gasteiger partial charge >= 0.3 is 0 Å². The predicted octanol–water partition coefficient (Wildman–Crippen LogP) is 2.29. The van der Waals surface area contributed by atoms with Crippen molar-refractivity contribution in [1.29, 1.82) is 0 Å². The van der Waals surface area contributed by atoms with Crippen molar-refractivity contribution in [3.63, 3.8) is 0 Å². The number of hydrogen-bond acceptors (Lipinski definition) is 3. The van der Waals surface area contributed by atoms with Crippen LogP contribution in [-0.4, -0.2) is 16.9 Å². The van der Waals surface area contributed by atoms with E-state index < -0.39 is 0 Å². The number of fused-ring (bicyclic) bond motifs is 2. The third kappa shape index (κ3) is 3.44. The topological polar surface area (TPSA) is 88.0 Å². The molecule has 1 aromatic rings. The number of aromatic nitrogens is 1. The summed E-state index contributed by atoms with van der Waals surface area (Å²) >= 11 is 3.27. The van der Waals surface area contributed by atoms with E-state index in [0.29, 0.717) is 11.8 Å². The fourth-order valence-corrected chi connectivity index (χ4v) is 3.83. The molecule has 0 aromatic carbocycles. The van der Waals surface area contributed by atoms with Gasteiger partial charge in [0.1, 0.15) is 5.69 Å². The Balaban J connectivity index is 0.00000110. The number of carbonyl (C=O) groups is 1. The summed E-state index contributed by atoms with van der Waals surface area (Å²) in [4.78, 5) is 26.5. The minimum Gasteiger partial charge on any atom is -0.327 e. The highest BCUT2D eigenvalue weighted by molar-refractivity contribution is 9.10. The van der Waals surface area contributed by atoms with Crippen molar-refractivity contribution < 1.29 is 4.79 Å². The number of nitrogens with one attached hydrogen (secondary N) is 2. The number of pyridine rings is 1. The molecule has 0 spiro atoms. The first-order valence-electron chi connectivity index (χ1n) is 6.51. The second-order valence-corrected chi connectivity index (χ2v) is 6.40. The first kappa shape index (κ1) is 18.5. The molecule has 2 bridgehead atoms. The van der Waals surface area contributed by atoms with E-state index in [0.717, 1.165) is 23.7 Å². The van der Waals surface area contributed by atoms with Gasteiger partial charge in [0.05, 0.1) is 5.92 Å². The highest BCUT2D eigenvalue weighted by Gasteiger charge is 2.49. The van der Waals surface area contributed by atoms with Crippen LogP contribution in [0.1, 0.15) is 19.3 Å². The van der Waals surface area contributed by atoms with Gasteiger partial charge in [-0.05, 0) is 53.1 Å². The standard InChI is InChI=1S/C13H16BrN3O2.2ClH/c14-8-4-9(12(18)16-5-8)17-13(19)10-6-1-2-7(3-6)11(10)15;;/h4-7,10-11H,1-3,15H2,(H,16,18)(H,17,19);2*1H. The fraction of sp³-hybridized carbons (Fsp3) is 0.538. The van der Waals surface area contributed by atoms with E-state index in [9.17, 15) is 9.59 Å². The van der Waals surface area contributed by atoms with Crippen molar-refractivity contribution >= 4 is 52.3 Å². The van der Waals surface area contributed by atoms with Crippen LogP contribution in [0.5, 0.6) is 0 Å². The molecule has 1 aromatic heterocycles. The molecule has 2 fully saturated rings. The Morgan fingerprint density at radius 3 is 2.62 bits per heavy atom. The molecule has 1 amide bonds. The Hall–Kier alpha value is -0.560. The van der Waals surface area contributed by atoms with Crippen LogP contribution in [0.3, 0.4) is 0 Å². The van der Waals surface area contributed by atoms with E-state index in [4.69, 9.17) is 5.73 Å². The average Bonchev–Trinajstić information content (AvgIpc) is 2.94. The molecule has 4 unspecified atom stereocenters. The molecule has 0 aliphatic heterocycles. The average molecular weight is 399 g/mol. The lowest BCUT2D eigenvalue weighted by Crippen LogP contribution is -2.43. The van der Waals surface area contributed by atoms with Crippen molar-refractivity contribution in [3.8, 4) is 0 Å². The molecular formula is C13H18BrCl2N3O2. The van der Waals surface area contributed by atoms with E-state index in [1.807, 2.05) is 0 Å².